The van der Waals surface area contributed by atoms with E-state index in [0.29, 0.717) is 13.1 Å². The number of aliphatic hydroxyl groups excluding tert-OH is 1. The molecule has 3 N–H and O–H groups in total. The van der Waals surface area contributed by atoms with E-state index in [2.05, 4.69) is 10.6 Å². The van der Waals surface area contributed by atoms with Crippen LogP contribution in [-0.4, -0.2) is 30.7 Å². The molecule has 0 unspecified atom stereocenters. The average Bonchev–Trinajstić information content (AvgIpc) is 2.38. The van der Waals surface area contributed by atoms with Crippen LogP contribution in [0.15, 0.2) is 11.8 Å². The number of hydrogen-bond acceptors (Lipinski definition) is 4. The highest BCUT2D eigenvalue weighted by Gasteiger charge is 2.06. The van der Waals surface area contributed by atoms with Crippen molar-refractivity contribution in [2.45, 2.75) is 39.0 Å². The van der Waals surface area contributed by atoms with Crippen LogP contribution in [0.25, 0.3) is 0 Å². The average molecular weight is 253 g/mol. The first-order valence-corrected chi connectivity index (χ1v) is 6.49. The van der Waals surface area contributed by atoms with Gasteiger partial charge in [0.1, 0.15) is 11.6 Å². The zero-order valence-electron chi connectivity index (χ0n) is 11.0. The Morgan fingerprint density at radius 3 is 2.67 bits per heavy atom. The third-order valence-corrected chi connectivity index (χ3v) is 2.41. The van der Waals surface area contributed by atoms with Crippen LogP contribution in [-0.2, 0) is 4.79 Å². The van der Waals surface area contributed by atoms with Crippen molar-refractivity contribution in [2.75, 3.05) is 19.7 Å². The van der Waals surface area contributed by atoms with Crippen molar-refractivity contribution in [3.8, 4) is 6.07 Å². The molecule has 0 aromatic carbocycles. The van der Waals surface area contributed by atoms with Gasteiger partial charge in [0, 0.05) is 25.9 Å². The van der Waals surface area contributed by atoms with Crippen molar-refractivity contribution in [1.29, 1.82) is 5.26 Å². The molecule has 0 saturated heterocycles. The number of nitriles is 1. The van der Waals surface area contributed by atoms with E-state index in [1.165, 1.54) is 6.20 Å². The predicted molar refractivity (Wildman–Crippen MR) is 70.6 cm³/mol. The van der Waals surface area contributed by atoms with Crippen LogP contribution in [0.4, 0.5) is 0 Å². The van der Waals surface area contributed by atoms with Gasteiger partial charge in [0.2, 0.25) is 0 Å². The van der Waals surface area contributed by atoms with Gasteiger partial charge < -0.3 is 15.7 Å². The zero-order chi connectivity index (χ0) is 13.6. The Hall–Kier alpha value is -1.54. The molecule has 0 aliphatic heterocycles. The van der Waals surface area contributed by atoms with Crippen molar-refractivity contribution in [3.05, 3.63) is 11.8 Å². The molecule has 102 valence electrons. The van der Waals surface area contributed by atoms with E-state index in [9.17, 15) is 4.79 Å². The summed E-state index contributed by atoms with van der Waals surface area (Å²) in [6.07, 6.45) is 6.01. The van der Waals surface area contributed by atoms with Crippen molar-refractivity contribution in [3.63, 3.8) is 0 Å². The molecule has 0 aliphatic rings. The van der Waals surface area contributed by atoms with E-state index in [1.807, 2.05) is 13.0 Å². The fraction of sp³-hybridized carbons (Fsp3) is 0.692. The summed E-state index contributed by atoms with van der Waals surface area (Å²) in [4.78, 5) is 11.5. The summed E-state index contributed by atoms with van der Waals surface area (Å²) in [7, 11) is 0. The van der Waals surface area contributed by atoms with Gasteiger partial charge in [-0.05, 0) is 25.7 Å². The summed E-state index contributed by atoms with van der Waals surface area (Å²) < 4.78 is 0. The van der Waals surface area contributed by atoms with Crippen molar-refractivity contribution in [1.82, 2.24) is 10.6 Å². The van der Waals surface area contributed by atoms with Gasteiger partial charge >= 0.3 is 0 Å². The molecule has 0 aromatic heterocycles. The first-order valence-electron chi connectivity index (χ1n) is 6.49. The Morgan fingerprint density at radius 1 is 1.28 bits per heavy atom. The molecule has 18 heavy (non-hydrogen) atoms. The van der Waals surface area contributed by atoms with E-state index in [4.69, 9.17) is 10.4 Å². The third-order valence-electron chi connectivity index (χ3n) is 2.41. The molecule has 0 aromatic rings. The second kappa shape index (κ2) is 11.9. The van der Waals surface area contributed by atoms with Gasteiger partial charge in [0.25, 0.3) is 5.91 Å². The van der Waals surface area contributed by atoms with Crippen LogP contribution in [0.5, 0.6) is 0 Å². The minimum atomic E-state index is -0.325. The number of nitrogens with one attached hydrogen (secondary N) is 2. The van der Waals surface area contributed by atoms with Crippen molar-refractivity contribution >= 4 is 5.91 Å². The number of aliphatic hydroxyl groups is 1. The maximum atomic E-state index is 11.5. The third kappa shape index (κ3) is 8.59. The van der Waals surface area contributed by atoms with Crippen LogP contribution in [0.2, 0.25) is 0 Å². The molecule has 0 heterocycles. The molecular formula is C13H23N3O2. The van der Waals surface area contributed by atoms with Crippen molar-refractivity contribution in [2.24, 2.45) is 0 Å². The number of nitrogens with zero attached hydrogens (tertiary/aromatic N) is 1. The van der Waals surface area contributed by atoms with Crippen molar-refractivity contribution < 1.29 is 9.90 Å². The largest absolute Gasteiger partial charge is 0.396 e. The van der Waals surface area contributed by atoms with E-state index < -0.39 is 0 Å². The summed E-state index contributed by atoms with van der Waals surface area (Å²) >= 11 is 0. The first kappa shape index (κ1) is 16.5. The molecule has 0 spiro atoms. The smallest absolute Gasteiger partial charge is 0.263 e. The molecule has 0 atom stereocenters. The van der Waals surface area contributed by atoms with E-state index >= 15 is 0 Å². The number of carbonyl (C=O) groups is 1. The van der Waals surface area contributed by atoms with Crippen LogP contribution < -0.4 is 10.6 Å². The molecule has 5 heteroatoms. The Labute approximate surface area is 109 Å². The molecular weight excluding hydrogens is 230 g/mol. The minimum absolute atomic E-state index is 0.105. The highest BCUT2D eigenvalue weighted by Crippen LogP contribution is 1.94. The second-order valence-electron chi connectivity index (χ2n) is 4.02. The fourth-order valence-electron chi connectivity index (χ4n) is 1.31. The Balaban J connectivity index is 3.85. The first-order chi connectivity index (χ1) is 8.76. The standard InChI is InChI=1S/C13H23N3O2/c1-2-3-8-16-13(18)12(10-14)11-15-7-5-4-6-9-17/h11,15,17H,2-9H2,1H3,(H,16,18)/b12-11-. The zero-order valence-corrected chi connectivity index (χ0v) is 11.0. The quantitative estimate of drug-likeness (QED) is 0.309. The molecule has 0 saturated carbocycles. The van der Waals surface area contributed by atoms with Gasteiger partial charge in [0.05, 0.1) is 0 Å². The fourth-order valence-corrected chi connectivity index (χ4v) is 1.31. The van der Waals surface area contributed by atoms with Crippen LogP contribution in [0.1, 0.15) is 39.0 Å². The second-order valence-corrected chi connectivity index (χ2v) is 4.02. The number of carbonyl (C=O) groups excluding carboxylic acids is 1. The summed E-state index contributed by atoms with van der Waals surface area (Å²) in [5.41, 5.74) is 0.105. The lowest BCUT2D eigenvalue weighted by atomic mass is 10.2. The SMILES string of the molecule is CCCCNC(=O)/C(C#N)=C\NCCCCCO. The van der Waals surface area contributed by atoms with E-state index in [1.54, 1.807) is 0 Å². The van der Waals surface area contributed by atoms with E-state index in [0.717, 1.165) is 32.1 Å². The van der Waals surface area contributed by atoms with Gasteiger partial charge in [0.15, 0.2) is 0 Å². The van der Waals surface area contributed by atoms with Gasteiger partial charge in [-0.2, -0.15) is 5.26 Å². The lowest BCUT2D eigenvalue weighted by Crippen LogP contribution is -2.26. The Kier molecular flexibility index (Phi) is 10.9. The van der Waals surface area contributed by atoms with Gasteiger partial charge in [-0.3, -0.25) is 4.79 Å². The number of amides is 1. The molecule has 0 bridgehead atoms. The lowest BCUT2D eigenvalue weighted by Gasteiger charge is -2.04. The Morgan fingerprint density at radius 2 is 2.06 bits per heavy atom. The monoisotopic (exact) mass is 253 g/mol. The summed E-state index contributed by atoms with van der Waals surface area (Å²) in [6.45, 7) is 3.55. The van der Waals surface area contributed by atoms with Gasteiger partial charge in [-0.25, -0.2) is 0 Å². The normalized spacial score (nSPS) is 10.8. The van der Waals surface area contributed by atoms with Gasteiger partial charge in [-0.15, -0.1) is 0 Å². The summed E-state index contributed by atoms with van der Waals surface area (Å²) in [5.74, 6) is -0.325. The molecule has 0 rings (SSSR count). The molecule has 1 amide bonds. The lowest BCUT2D eigenvalue weighted by molar-refractivity contribution is -0.117. The van der Waals surface area contributed by atoms with Crippen LogP contribution in [0, 0.1) is 11.3 Å². The maximum absolute atomic E-state index is 11.5. The minimum Gasteiger partial charge on any atom is -0.396 e. The summed E-state index contributed by atoms with van der Waals surface area (Å²) in [5, 5.41) is 23.1. The molecule has 0 radical (unpaired) electrons. The number of unbranched alkanes of at least 4 members (excludes halogenated alkanes) is 3. The van der Waals surface area contributed by atoms with Crippen LogP contribution >= 0.6 is 0 Å². The number of rotatable bonds is 10. The van der Waals surface area contributed by atoms with E-state index in [-0.39, 0.29) is 18.1 Å². The topological polar surface area (TPSA) is 85.2 Å². The number of hydrogen-bond donors (Lipinski definition) is 3. The predicted octanol–water partition coefficient (Wildman–Crippen LogP) is 1.06. The molecule has 0 aliphatic carbocycles. The molecule has 0 fully saturated rings. The highest BCUT2D eigenvalue weighted by molar-refractivity contribution is 5.97. The van der Waals surface area contributed by atoms with Crippen LogP contribution in [0.3, 0.4) is 0 Å². The maximum Gasteiger partial charge on any atom is 0.263 e. The Bertz CT molecular complexity index is 295. The molecule has 5 nitrogen and oxygen atoms in total. The summed E-state index contributed by atoms with van der Waals surface area (Å²) in [6, 6.07) is 1.88. The highest BCUT2D eigenvalue weighted by atomic mass is 16.2. The van der Waals surface area contributed by atoms with Gasteiger partial charge in [-0.1, -0.05) is 13.3 Å².